The molecule has 0 bridgehead atoms. The van der Waals surface area contributed by atoms with Crippen LogP contribution in [0.15, 0.2) is 0 Å². The van der Waals surface area contributed by atoms with Gasteiger partial charge in [-0.2, -0.15) is 0 Å². The highest BCUT2D eigenvalue weighted by Gasteiger charge is 2.39. The van der Waals surface area contributed by atoms with Crippen molar-refractivity contribution < 1.29 is 14.7 Å². The summed E-state index contributed by atoms with van der Waals surface area (Å²) in [6, 6.07) is -0.974. The number of hydrogen-bond acceptors (Lipinski definition) is 3. The van der Waals surface area contributed by atoms with Crippen molar-refractivity contribution in [2.75, 3.05) is 6.54 Å². The van der Waals surface area contributed by atoms with E-state index in [1.54, 1.807) is 6.92 Å². The molecule has 3 unspecified atom stereocenters. The van der Waals surface area contributed by atoms with Gasteiger partial charge in [-0.3, -0.25) is 14.5 Å². The summed E-state index contributed by atoms with van der Waals surface area (Å²) in [5.41, 5.74) is -0.300. The van der Waals surface area contributed by atoms with E-state index in [4.69, 9.17) is 0 Å². The average molecular weight is 270 g/mol. The first-order valence-electron chi connectivity index (χ1n) is 6.94. The van der Waals surface area contributed by atoms with Gasteiger partial charge in [0, 0.05) is 5.54 Å². The number of rotatable bonds is 3. The number of carbonyl (C=O) groups excluding carboxylic acids is 1. The lowest BCUT2D eigenvalue weighted by Gasteiger charge is -2.41. The Balaban J connectivity index is 2.80. The minimum atomic E-state index is -0.831. The van der Waals surface area contributed by atoms with Gasteiger partial charge < -0.3 is 10.4 Å². The summed E-state index contributed by atoms with van der Waals surface area (Å²) in [6.45, 7) is 10.2. The Morgan fingerprint density at radius 1 is 1.37 bits per heavy atom. The fraction of sp³-hybridized carbons (Fsp3) is 0.857. The van der Waals surface area contributed by atoms with Crippen LogP contribution >= 0.6 is 0 Å². The van der Waals surface area contributed by atoms with Crippen molar-refractivity contribution in [1.82, 2.24) is 10.2 Å². The number of carboxylic acids is 1. The third kappa shape index (κ3) is 4.20. The molecule has 0 saturated carbocycles. The van der Waals surface area contributed by atoms with E-state index in [0.717, 1.165) is 12.8 Å². The standard InChI is InChI=1S/C14H26N2O3/c1-9-7-6-8-16(11(9)13(18)19)10(2)12(17)15-14(3,4)5/h9-11H,6-8H2,1-5H3,(H,15,17)(H,18,19). The average Bonchev–Trinajstić information content (AvgIpc) is 2.24. The molecule has 3 atom stereocenters. The summed E-state index contributed by atoms with van der Waals surface area (Å²) in [4.78, 5) is 25.4. The monoisotopic (exact) mass is 270 g/mol. The summed E-state index contributed by atoms with van der Waals surface area (Å²) >= 11 is 0. The fourth-order valence-corrected chi connectivity index (χ4v) is 2.66. The third-order valence-electron chi connectivity index (χ3n) is 3.60. The maximum absolute atomic E-state index is 12.2. The second kappa shape index (κ2) is 5.90. The molecule has 0 spiro atoms. The highest BCUT2D eigenvalue weighted by atomic mass is 16.4. The van der Waals surface area contributed by atoms with Crippen molar-refractivity contribution in [1.29, 1.82) is 0 Å². The molecule has 1 saturated heterocycles. The van der Waals surface area contributed by atoms with E-state index in [0.29, 0.717) is 6.54 Å². The Morgan fingerprint density at radius 3 is 2.42 bits per heavy atom. The zero-order chi connectivity index (χ0) is 14.8. The number of likely N-dealkylation sites (tertiary alicyclic amines) is 1. The third-order valence-corrected chi connectivity index (χ3v) is 3.60. The van der Waals surface area contributed by atoms with E-state index in [-0.39, 0.29) is 17.4 Å². The van der Waals surface area contributed by atoms with Crippen LogP contribution in [0.1, 0.15) is 47.5 Å². The Kier molecular flexibility index (Phi) is 4.96. The maximum Gasteiger partial charge on any atom is 0.321 e. The van der Waals surface area contributed by atoms with Gasteiger partial charge in [0.2, 0.25) is 5.91 Å². The summed E-state index contributed by atoms with van der Waals surface area (Å²) < 4.78 is 0. The molecule has 110 valence electrons. The molecule has 5 nitrogen and oxygen atoms in total. The van der Waals surface area contributed by atoms with Crippen LogP contribution in [0.4, 0.5) is 0 Å². The normalized spacial score (nSPS) is 26.8. The van der Waals surface area contributed by atoms with Gasteiger partial charge in [-0.05, 0) is 53.0 Å². The van der Waals surface area contributed by atoms with Crippen molar-refractivity contribution in [2.45, 2.75) is 65.1 Å². The lowest BCUT2D eigenvalue weighted by atomic mass is 9.89. The highest BCUT2D eigenvalue weighted by Crippen LogP contribution is 2.25. The van der Waals surface area contributed by atoms with E-state index in [1.807, 2.05) is 32.6 Å². The smallest absolute Gasteiger partial charge is 0.321 e. The van der Waals surface area contributed by atoms with Crippen molar-refractivity contribution >= 4 is 11.9 Å². The van der Waals surface area contributed by atoms with Crippen LogP contribution in [0.2, 0.25) is 0 Å². The highest BCUT2D eigenvalue weighted by molar-refractivity contribution is 5.83. The van der Waals surface area contributed by atoms with Gasteiger partial charge in [0.1, 0.15) is 6.04 Å². The second-order valence-electron chi connectivity index (χ2n) is 6.56. The molecule has 1 heterocycles. The molecular weight excluding hydrogens is 244 g/mol. The molecule has 0 aromatic heterocycles. The Morgan fingerprint density at radius 2 is 1.95 bits per heavy atom. The maximum atomic E-state index is 12.2. The predicted molar refractivity (Wildman–Crippen MR) is 73.9 cm³/mol. The molecule has 5 heteroatoms. The Bertz CT molecular complexity index is 349. The Hall–Kier alpha value is -1.10. The molecule has 1 rings (SSSR count). The SMILES string of the molecule is CC1CCCN(C(C)C(=O)NC(C)(C)C)C1C(=O)O. The number of hydrogen-bond donors (Lipinski definition) is 2. The van der Waals surface area contributed by atoms with E-state index >= 15 is 0 Å². The van der Waals surface area contributed by atoms with Crippen LogP contribution in [-0.4, -0.2) is 46.1 Å². The molecule has 1 aliphatic heterocycles. The lowest BCUT2D eigenvalue weighted by molar-refractivity contribution is -0.149. The number of aliphatic carboxylic acids is 1. The predicted octanol–water partition coefficient (Wildman–Crippen LogP) is 1.47. The molecular formula is C14H26N2O3. The van der Waals surface area contributed by atoms with Gasteiger partial charge in [-0.25, -0.2) is 0 Å². The van der Waals surface area contributed by atoms with Crippen LogP contribution < -0.4 is 5.32 Å². The molecule has 0 aromatic carbocycles. The molecule has 1 amide bonds. The zero-order valence-electron chi connectivity index (χ0n) is 12.6. The molecule has 0 aromatic rings. The summed E-state index contributed by atoms with van der Waals surface area (Å²) in [5, 5.41) is 12.3. The van der Waals surface area contributed by atoms with Gasteiger partial charge in [-0.15, -0.1) is 0 Å². The number of piperidine rings is 1. The van der Waals surface area contributed by atoms with Crippen molar-refractivity contribution in [3.63, 3.8) is 0 Å². The molecule has 0 radical (unpaired) electrons. The molecule has 1 aliphatic rings. The number of carboxylic acid groups (broad SMARTS) is 1. The first kappa shape index (κ1) is 16.0. The number of nitrogens with one attached hydrogen (secondary N) is 1. The van der Waals surface area contributed by atoms with Gasteiger partial charge in [-0.1, -0.05) is 6.92 Å². The van der Waals surface area contributed by atoms with Crippen LogP contribution in [0.25, 0.3) is 0 Å². The molecule has 2 N–H and O–H groups in total. The Labute approximate surface area is 115 Å². The van der Waals surface area contributed by atoms with E-state index < -0.39 is 18.1 Å². The van der Waals surface area contributed by atoms with Gasteiger partial charge in [0.25, 0.3) is 0 Å². The van der Waals surface area contributed by atoms with E-state index in [9.17, 15) is 14.7 Å². The molecule has 0 aliphatic carbocycles. The first-order valence-corrected chi connectivity index (χ1v) is 6.94. The summed E-state index contributed by atoms with van der Waals surface area (Å²) in [7, 11) is 0. The van der Waals surface area contributed by atoms with Gasteiger partial charge in [0.05, 0.1) is 6.04 Å². The first-order chi connectivity index (χ1) is 8.63. The zero-order valence-corrected chi connectivity index (χ0v) is 12.6. The van der Waals surface area contributed by atoms with Crippen molar-refractivity contribution in [3.8, 4) is 0 Å². The topological polar surface area (TPSA) is 69.6 Å². The quantitative estimate of drug-likeness (QED) is 0.815. The van der Waals surface area contributed by atoms with Crippen LogP contribution in [-0.2, 0) is 9.59 Å². The van der Waals surface area contributed by atoms with Crippen LogP contribution in [0.5, 0.6) is 0 Å². The van der Waals surface area contributed by atoms with Crippen LogP contribution in [0.3, 0.4) is 0 Å². The number of carbonyl (C=O) groups is 2. The minimum absolute atomic E-state index is 0.0798. The lowest BCUT2D eigenvalue weighted by Crippen LogP contribution is -2.58. The minimum Gasteiger partial charge on any atom is -0.480 e. The van der Waals surface area contributed by atoms with E-state index in [2.05, 4.69) is 5.32 Å². The summed E-state index contributed by atoms with van der Waals surface area (Å²) in [5.74, 6) is -0.855. The summed E-state index contributed by atoms with van der Waals surface area (Å²) in [6.07, 6.45) is 1.85. The molecule has 1 fully saturated rings. The second-order valence-corrected chi connectivity index (χ2v) is 6.56. The van der Waals surface area contributed by atoms with Gasteiger partial charge >= 0.3 is 5.97 Å². The fourth-order valence-electron chi connectivity index (χ4n) is 2.66. The van der Waals surface area contributed by atoms with Crippen LogP contribution in [0, 0.1) is 5.92 Å². The number of amides is 1. The molecule has 19 heavy (non-hydrogen) atoms. The van der Waals surface area contributed by atoms with Crippen molar-refractivity contribution in [3.05, 3.63) is 0 Å². The largest absolute Gasteiger partial charge is 0.480 e. The van der Waals surface area contributed by atoms with E-state index in [1.165, 1.54) is 0 Å². The number of nitrogens with zero attached hydrogens (tertiary/aromatic N) is 1. The van der Waals surface area contributed by atoms with Gasteiger partial charge in [0.15, 0.2) is 0 Å². The van der Waals surface area contributed by atoms with Crippen molar-refractivity contribution in [2.24, 2.45) is 5.92 Å².